The fourth-order valence-corrected chi connectivity index (χ4v) is 1.94. The first kappa shape index (κ1) is 15.7. The van der Waals surface area contributed by atoms with Crippen LogP contribution in [0.2, 0.25) is 5.02 Å². The van der Waals surface area contributed by atoms with Crippen LogP contribution in [0.1, 0.15) is 32.3 Å². The lowest BCUT2D eigenvalue weighted by Gasteiger charge is -2.30. The molecule has 1 amide bonds. The van der Waals surface area contributed by atoms with Crippen LogP contribution in [0.3, 0.4) is 0 Å². The molecule has 3 N–H and O–H groups in total. The molecule has 0 aromatic heterocycles. The maximum absolute atomic E-state index is 11.9. The highest BCUT2D eigenvalue weighted by Crippen LogP contribution is 2.14. The SMILES string of the molecule is CCC(CC)(CN)NC(=O)C=Cc1ccc(Cl)cc1. The highest BCUT2D eigenvalue weighted by atomic mass is 35.5. The molecule has 19 heavy (non-hydrogen) atoms. The Morgan fingerprint density at radius 1 is 1.32 bits per heavy atom. The molecule has 0 unspecified atom stereocenters. The molecular formula is C15H21ClN2O. The average molecular weight is 281 g/mol. The Balaban J connectivity index is 2.66. The molecule has 0 aliphatic carbocycles. The van der Waals surface area contributed by atoms with Gasteiger partial charge in [0.05, 0.1) is 5.54 Å². The number of hydrogen-bond donors (Lipinski definition) is 2. The van der Waals surface area contributed by atoms with Crippen molar-refractivity contribution in [2.45, 2.75) is 32.2 Å². The second-order valence-electron chi connectivity index (χ2n) is 4.57. The van der Waals surface area contributed by atoms with Crippen molar-refractivity contribution in [3.8, 4) is 0 Å². The largest absolute Gasteiger partial charge is 0.346 e. The van der Waals surface area contributed by atoms with Gasteiger partial charge < -0.3 is 11.1 Å². The van der Waals surface area contributed by atoms with Crippen molar-refractivity contribution in [3.63, 3.8) is 0 Å². The highest BCUT2D eigenvalue weighted by molar-refractivity contribution is 6.30. The van der Waals surface area contributed by atoms with E-state index in [2.05, 4.69) is 5.32 Å². The number of amides is 1. The van der Waals surface area contributed by atoms with Crippen LogP contribution in [-0.4, -0.2) is 18.0 Å². The molecule has 0 spiro atoms. The van der Waals surface area contributed by atoms with Crippen LogP contribution in [0, 0.1) is 0 Å². The van der Waals surface area contributed by atoms with Crippen LogP contribution in [0.15, 0.2) is 30.3 Å². The summed E-state index contributed by atoms with van der Waals surface area (Å²) >= 11 is 5.80. The van der Waals surface area contributed by atoms with E-state index in [1.807, 2.05) is 26.0 Å². The van der Waals surface area contributed by atoms with Crippen molar-refractivity contribution in [2.24, 2.45) is 5.73 Å². The van der Waals surface area contributed by atoms with E-state index in [0.29, 0.717) is 11.6 Å². The van der Waals surface area contributed by atoms with E-state index in [0.717, 1.165) is 18.4 Å². The van der Waals surface area contributed by atoms with Crippen LogP contribution in [0.5, 0.6) is 0 Å². The van der Waals surface area contributed by atoms with E-state index in [4.69, 9.17) is 17.3 Å². The molecule has 0 aliphatic rings. The molecule has 0 radical (unpaired) electrons. The molecule has 0 fully saturated rings. The number of carbonyl (C=O) groups excluding carboxylic acids is 1. The Morgan fingerprint density at radius 3 is 2.37 bits per heavy atom. The van der Waals surface area contributed by atoms with Gasteiger partial charge in [-0.3, -0.25) is 4.79 Å². The summed E-state index contributed by atoms with van der Waals surface area (Å²) < 4.78 is 0. The molecule has 104 valence electrons. The first-order chi connectivity index (χ1) is 9.05. The molecule has 0 heterocycles. The summed E-state index contributed by atoms with van der Waals surface area (Å²) in [4.78, 5) is 11.9. The third-order valence-corrected chi connectivity index (χ3v) is 3.68. The molecule has 0 bridgehead atoms. The number of nitrogens with two attached hydrogens (primary N) is 1. The maximum atomic E-state index is 11.9. The summed E-state index contributed by atoms with van der Waals surface area (Å²) in [7, 11) is 0. The first-order valence-corrected chi connectivity index (χ1v) is 6.89. The summed E-state index contributed by atoms with van der Waals surface area (Å²) in [5.74, 6) is -0.121. The molecule has 0 saturated carbocycles. The predicted octanol–water partition coefficient (Wildman–Crippen LogP) is 2.99. The van der Waals surface area contributed by atoms with Crippen molar-refractivity contribution in [3.05, 3.63) is 40.9 Å². The minimum Gasteiger partial charge on any atom is -0.346 e. The number of rotatable bonds is 6. The summed E-state index contributed by atoms with van der Waals surface area (Å²) in [5, 5.41) is 3.67. The van der Waals surface area contributed by atoms with Gasteiger partial charge in [0.2, 0.25) is 5.91 Å². The van der Waals surface area contributed by atoms with E-state index >= 15 is 0 Å². The van der Waals surface area contributed by atoms with Crippen molar-refractivity contribution in [1.82, 2.24) is 5.32 Å². The van der Waals surface area contributed by atoms with Gasteiger partial charge in [0.25, 0.3) is 0 Å². The zero-order valence-corrected chi connectivity index (χ0v) is 12.2. The molecule has 1 aromatic carbocycles. The predicted molar refractivity (Wildman–Crippen MR) is 81.0 cm³/mol. The molecule has 1 rings (SSSR count). The third kappa shape index (κ3) is 4.69. The zero-order chi connectivity index (χ0) is 14.3. The minimum absolute atomic E-state index is 0.121. The van der Waals surface area contributed by atoms with Crippen molar-refractivity contribution < 1.29 is 4.79 Å². The Hall–Kier alpha value is -1.32. The van der Waals surface area contributed by atoms with Crippen LogP contribution in [0.25, 0.3) is 6.08 Å². The van der Waals surface area contributed by atoms with Crippen molar-refractivity contribution >= 4 is 23.6 Å². The van der Waals surface area contributed by atoms with Gasteiger partial charge in [-0.1, -0.05) is 37.6 Å². The number of carbonyl (C=O) groups is 1. The van der Waals surface area contributed by atoms with Crippen LogP contribution < -0.4 is 11.1 Å². The Labute approximate surface area is 119 Å². The molecule has 1 aromatic rings. The van der Waals surface area contributed by atoms with Crippen LogP contribution in [-0.2, 0) is 4.79 Å². The average Bonchev–Trinajstić information content (AvgIpc) is 2.44. The summed E-state index contributed by atoms with van der Waals surface area (Å²) in [6.07, 6.45) is 4.93. The topological polar surface area (TPSA) is 55.1 Å². The smallest absolute Gasteiger partial charge is 0.244 e. The minimum atomic E-state index is -0.304. The fourth-order valence-electron chi connectivity index (χ4n) is 1.82. The van der Waals surface area contributed by atoms with E-state index in [1.54, 1.807) is 18.2 Å². The quantitative estimate of drug-likeness (QED) is 0.787. The number of nitrogens with one attached hydrogen (secondary N) is 1. The lowest BCUT2D eigenvalue weighted by atomic mass is 9.93. The van der Waals surface area contributed by atoms with Gasteiger partial charge in [0.15, 0.2) is 0 Å². The summed E-state index contributed by atoms with van der Waals surface area (Å²) in [6, 6.07) is 7.31. The number of halogens is 1. The van der Waals surface area contributed by atoms with Gasteiger partial charge in [-0.05, 0) is 36.6 Å². The Morgan fingerprint density at radius 2 is 1.89 bits per heavy atom. The summed E-state index contributed by atoms with van der Waals surface area (Å²) in [5.41, 5.74) is 6.38. The standard InChI is InChI=1S/C15H21ClN2O/c1-3-15(4-2,11-17)18-14(19)10-7-12-5-8-13(16)9-6-12/h5-10H,3-4,11,17H2,1-2H3,(H,18,19). The Kier molecular flexibility index (Phi) is 6.06. The number of hydrogen-bond acceptors (Lipinski definition) is 2. The van der Waals surface area contributed by atoms with E-state index in [9.17, 15) is 4.79 Å². The molecule has 3 nitrogen and oxygen atoms in total. The van der Waals surface area contributed by atoms with Crippen LogP contribution in [0.4, 0.5) is 0 Å². The van der Waals surface area contributed by atoms with Gasteiger partial charge in [-0.25, -0.2) is 0 Å². The lowest BCUT2D eigenvalue weighted by Crippen LogP contribution is -2.52. The monoisotopic (exact) mass is 280 g/mol. The number of benzene rings is 1. The fraction of sp³-hybridized carbons (Fsp3) is 0.400. The second kappa shape index (κ2) is 7.31. The van der Waals surface area contributed by atoms with E-state index in [-0.39, 0.29) is 11.4 Å². The first-order valence-electron chi connectivity index (χ1n) is 6.51. The lowest BCUT2D eigenvalue weighted by molar-refractivity contribution is -0.118. The molecular weight excluding hydrogens is 260 g/mol. The van der Waals surface area contributed by atoms with Gasteiger partial charge >= 0.3 is 0 Å². The maximum Gasteiger partial charge on any atom is 0.244 e. The normalized spacial score (nSPS) is 11.8. The van der Waals surface area contributed by atoms with Gasteiger partial charge in [-0.2, -0.15) is 0 Å². The third-order valence-electron chi connectivity index (χ3n) is 3.43. The summed E-state index contributed by atoms with van der Waals surface area (Å²) in [6.45, 7) is 4.50. The van der Waals surface area contributed by atoms with Gasteiger partial charge in [0.1, 0.15) is 0 Å². The molecule has 0 aliphatic heterocycles. The highest BCUT2D eigenvalue weighted by Gasteiger charge is 2.25. The zero-order valence-electron chi connectivity index (χ0n) is 11.4. The van der Waals surface area contributed by atoms with Crippen molar-refractivity contribution in [1.29, 1.82) is 0 Å². The molecule has 4 heteroatoms. The molecule has 0 saturated heterocycles. The van der Waals surface area contributed by atoms with Gasteiger partial charge in [0, 0.05) is 17.6 Å². The van der Waals surface area contributed by atoms with Crippen molar-refractivity contribution in [2.75, 3.05) is 6.54 Å². The van der Waals surface area contributed by atoms with Gasteiger partial charge in [-0.15, -0.1) is 0 Å². The van der Waals surface area contributed by atoms with E-state index < -0.39 is 0 Å². The Bertz CT molecular complexity index is 428. The molecule has 0 atom stereocenters. The van der Waals surface area contributed by atoms with E-state index in [1.165, 1.54) is 6.08 Å². The second-order valence-corrected chi connectivity index (χ2v) is 5.00. The van der Waals surface area contributed by atoms with Crippen LogP contribution >= 0.6 is 11.6 Å².